The van der Waals surface area contributed by atoms with Gasteiger partial charge in [-0.3, -0.25) is 15.1 Å². The second-order valence-corrected chi connectivity index (χ2v) is 5.45. The molecule has 8 nitrogen and oxygen atoms in total. The van der Waals surface area contributed by atoms with Gasteiger partial charge in [-0.25, -0.2) is 4.98 Å². The summed E-state index contributed by atoms with van der Waals surface area (Å²) in [7, 11) is 1.62. The van der Waals surface area contributed by atoms with Crippen LogP contribution < -0.4 is 15.8 Å². The minimum absolute atomic E-state index is 0.142. The summed E-state index contributed by atoms with van der Waals surface area (Å²) in [6, 6.07) is 7.71. The number of nitrogen functional groups attached to an aromatic ring is 1. The Labute approximate surface area is 149 Å². The van der Waals surface area contributed by atoms with Crippen LogP contribution in [0.2, 0.25) is 5.02 Å². The van der Waals surface area contributed by atoms with Gasteiger partial charge in [0.25, 0.3) is 0 Å². The van der Waals surface area contributed by atoms with E-state index in [1.807, 2.05) is 24.3 Å². The number of benzene rings is 1. The Kier molecular flexibility index (Phi) is 6.53. The van der Waals surface area contributed by atoms with Gasteiger partial charge in [0.05, 0.1) is 29.8 Å². The van der Waals surface area contributed by atoms with Crippen LogP contribution in [0.15, 0.2) is 35.5 Å². The lowest BCUT2D eigenvalue weighted by atomic mass is 10.1. The van der Waals surface area contributed by atoms with E-state index < -0.39 is 4.92 Å². The molecule has 9 heteroatoms. The van der Waals surface area contributed by atoms with Crippen LogP contribution in [0.3, 0.4) is 0 Å². The maximum atomic E-state index is 11.1. The minimum atomic E-state index is -0.608. The third kappa shape index (κ3) is 5.05. The summed E-state index contributed by atoms with van der Waals surface area (Å²) in [6.07, 6.45) is 3.76. The van der Waals surface area contributed by atoms with E-state index in [4.69, 9.17) is 22.1 Å². The van der Waals surface area contributed by atoms with Crippen LogP contribution in [-0.2, 0) is 6.42 Å². The number of nitrogens with zero attached hydrogens (tertiary/aromatic N) is 3. The fraction of sp³-hybridized carbons (Fsp3) is 0.250. The van der Waals surface area contributed by atoms with Crippen molar-refractivity contribution in [2.24, 2.45) is 4.99 Å². The molecule has 0 saturated carbocycles. The standard InChI is InChI=1S/C16H18ClN5O3/c1-25-12-4-2-11(3-5-12)6-7-19-8-9-20-14-13(17)10-21-16(18)15(14)22(23)24/h2-5,7,10H,6,8-9H2,1H3,(H3,18,20,21). The number of nitro groups is 1. The van der Waals surface area contributed by atoms with E-state index in [9.17, 15) is 10.1 Å². The van der Waals surface area contributed by atoms with Crippen molar-refractivity contribution in [3.8, 4) is 5.75 Å². The number of halogens is 1. The summed E-state index contributed by atoms with van der Waals surface area (Å²) < 4.78 is 5.10. The smallest absolute Gasteiger partial charge is 0.335 e. The topological polar surface area (TPSA) is 116 Å². The predicted octanol–water partition coefficient (Wildman–Crippen LogP) is 2.96. The Bertz CT molecular complexity index is 765. The molecule has 0 radical (unpaired) electrons. The maximum absolute atomic E-state index is 11.1. The predicted molar refractivity (Wildman–Crippen MR) is 98.9 cm³/mol. The van der Waals surface area contributed by atoms with Crippen LogP contribution >= 0.6 is 11.6 Å². The number of nitrogens with one attached hydrogen (secondary N) is 1. The van der Waals surface area contributed by atoms with Crippen molar-refractivity contribution >= 4 is 35.0 Å². The monoisotopic (exact) mass is 363 g/mol. The Balaban J connectivity index is 1.87. The average molecular weight is 364 g/mol. The molecule has 0 aliphatic carbocycles. The highest BCUT2D eigenvalue weighted by Gasteiger charge is 2.22. The molecule has 0 aliphatic heterocycles. The molecule has 25 heavy (non-hydrogen) atoms. The number of aromatic nitrogens is 1. The number of hydrogen-bond acceptors (Lipinski definition) is 7. The lowest BCUT2D eigenvalue weighted by Gasteiger charge is -2.08. The third-order valence-electron chi connectivity index (χ3n) is 3.38. The van der Waals surface area contributed by atoms with Crippen molar-refractivity contribution in [3.05, 3.63) is 51.2 Å². The van der Waals surface area contributed by atoms with Gasteiger partial charge in [-0.2, -0.15) is 0 Å². The molecule has 1 aromatic carbocycles. The fourth-order valence-corrected chi connectivity index (χ4v) is 2.32. The van der Waals surface area contributed by atoms with Gasteiger partial charge in [-0.1, -0.05) is 23.7 Å². The Morgan fingerprint density at radius 2 is 2.16 bits per heavy atom. The molecule has 1 heterocycles. The summed E-state index contributed by atoms with van der Waals surface area (Å²) in [5.74, 6) is 0.625. The van der Waals surface area contributed by atoms with Gasteiger partial charge in [0.15, 0.2) is 0 Å². The van der Waals surface area contributed by atoms with E-state index in [1.165, 1.54) is 6.20 Å². The van der Waals surface area contributed by atoms with Crippen LogP contribution in [0, 0.1) is 10.1 Å². The number of aliphatic imine (C=N–C) groups is 1. The Hall–Kier alpha value is -2.87. The van der Waals surface area contributed by atoms with E-state index in [1.54, 1.807) is 13.3 Å². The zero-order valence-electron chi connectivity index (χ0n) is 13.6. The number of anilines is 2. The van der Waals surface area contributed by atoms with Crippen molar-refractivity contribution in [1.82, 2.24) is 4.98 Å². The molecule has 3 N–H and O–H groups in total. The van der Waals surface area contributed by atoms with E-state index in [-0.39, 0.29) is 22.2 Å². The molecule has 132 valence electrons. The summed E-state index contributed by atoms with van der Waals surface area (Å²) in [5.41, 5.74) is 6.48. The SMILES string of the molecule is COc1ccc(CC=NCCNc2c(Cl)cnc(N)c2[N+](=O)[O-])cc1. The average Bonchev–Trinajstić information content (AvgIpc) is 2.60. The maximum Gasteiger partial charge on any atom is 0.335 e. The number of pyridine rings is 1. The third-order valence-corrected chi connectivity index (χ3v) is 3.66. The van der Waals surface area contributed by atoms with Crippen LogP contribution in [0.25, 0.3) is 0 Å². The van der Waals surface area contributed by atoms with E-state index >= 15 is 0 Å². The molecular weight excluding hydrogens is 346 g/mol. The molecular formula is C16H18ClN5O3. The van der Waals surface area contributed by atoms with E-state index in [0.717, 1.165) is 11.3 Å². The highest BCUT2D eigenvalue weighted by molar-refractivity contribution is 6.33. The van der Waals surface area contributed by atoms with Crippen molar-refractivity contribution in [2.75, 3.05) is 31.2 Å². The zero-order valence-corrected chi connectivity index (χ0v) is 14.4. The van der Waals surface area contributed by atoms with Crippen LogP contribution in [-0.4, -0.2) is 36.3 Å². The van der Waals surface area contributed by atoms with E-state index in [2.05, 4.69) is 15.3 Å². The number of hydrogen-bond donors (Lipinski definition) is 2. The van der Waals surface area contributed by atoms with Gasteiger partial charge in [-0.05, 0) is 17.7 Å². The second kappa shape index (κ2) is 8.84. The first-order chi connectivity index (χ1) is 12.0. The van der Waals surface area contributed by atoms with E-state index in [0.29, 0.717) is 19.5 Å². The number of methoxy groups -OCH3 is 1. The normalized spacial score (nSPS) is 10.8. The molecule has 2 rings (SSSR count). The lowest BCUT2D eigenvalue weighted by Crippen LogP contribution is -2.10. The number of nitrogens with two attached hydrogens (primary N) is 1. The molecule has 1 aromatic heterocycles. The van der Waals surface area contributed by atoms with Gasteiger partial charge in [0, 0.05) is 19.2 Å². The number of ether oxygens (including phenoxy) is 1. The van der Waals surface area contributed by atoms with Gasteiger partial charge in [0.2, 0.25) is 5.82 Å². The second-order valence-electron chi connectivity index (χ2n) is 5.04. The van der Waals surface area contributed by atoms with Gasteiger partial charge >= 0.3 is 5.69 Å². The molecule has 0 saturated heterocycles. The molecule has 0 fully saturated rings. The van der Waals surface area contributed by atoms with Crippen molar-refractivity contribution < 1.29 is 9.66 Å². The fourth-order valence-electron chi connectivity index (χ4n) is 2.11. The van der Waals surface area contributed by atoms with Crippen LogP contribution in [0.4, 0.5) is 17.2 Å². The Morgan fingerprint density at radius 1 is 1.44 bits per heavy atom. The van der Waals surface area contributed by atoms with Crippen LogP contribution in [0.5, 0.6) is 5.75 Å². The first-order valence-electron chi connectivity index (χ1n) is 7.46. The lowest BCUT2D eigenvalue weighted by molar-refractivity contribution is -0.383. The van der Waals surface area contributed by atoms with Crippen molar-refractivity contribution in [2.45, 2.75) is 6.42 Å². The largest absolute Gasteiger partial charge is 0.497 e. The molecule has 0 spiro atoms. The molecule has 2 aromatic rings. The first kappa shape index (κ1) is 18.5. The minimum Gasteiger partial charge on any atom is -0.497 e. The molecule has 0 amide bonds. The van der Waals surface area contributed by atoms with Gasteiger partial charge in [0.1, 0.15) is 11.4 Å². The molecule has 0 aliphatic rings. The first-order valence-corrected chi connectivity index (χ1v) is 7.84. The van der Waals surface area contributed by atoms with Crippen molar-refractivity contribution in [3.63, 3.8) is 0 Å². The van der Waals surface area contributed by atoms with Gasteiger partial charge in [-0.15, -0.1) is 0 Å². The summed E-state index contributed by atoms with van der Waals surface area (Å²) in [4.78, 5) is 18.4. The molecule has 0 unspecified atom stereocenters. The molecule has 0 bridgehead atoms. The zero-order chi connectivity index (χ0) is 18.2. The highest BCUT2D eigenvalue weighted by atomic mass is 35.5. The Morgan fingerprint density at radius 3 is 2.80 bits per heavy atom. The van der Waals surface area contributed by atoms with Gasteiger partial charge < -0.3 is 15.8 Å². The number of rotatable bonds is 8. The highest BCUT2D eigenvalue weighted by Crippen LogP contribution is 2.35. The van der Waals surface area contributed by atoms with Crippen LogP contribution in [0.1, 0.15) is 5.56 Å². The summed E-state index contributed by atoms with van der Waals surface area (Å²) in [5, 5.41) is 14.1. The quantitative estimate of drug-likeness (QED) is 0.322. The molecule has 0 atom stereocenters. The summed E-state index contributed by atoms with van der Waals surface area (Å²) >= 11 is 5.96. The summed E-state index contributed by atoms with van der Waals surface area (Å²) in [6.45, 7) is 0.814. The van der Waals surface area contributed by atoms with Crippen molar-refractivity contribution in [1.29, 1.82) is 0 Å².